The molecule has 0 saturated carbocycles. The van der Waals surface area contributed by atoms with E-state index in [-0.39, 0.29) is 29.3 Å². The molecule has 2 N–H and O–H groups in total. The topological polar surface area (TPSA) is 87.1 Å². The van der Waals surface area contributed by atoms with Crippen molar-refractivity contribution in [3.05, 3.63) is 63.1 Å². The molecule has 0 saturated heterocycles. The normalized spacial score (nSPS) is 20.0. The standard InChI is InChI=1S/C23H23BrClF2NO5/c1-21(2,10-12-33-19(29)14-3-5-15(24)6-4-14)23(32)17-13-16(25)7-8-18(17)28(20(30)31)11-9-22(23,26)27/h3-8,13,32H,9-12H2,1-2H3,(H,30,31)/t23-/m0/s1. The van der Waals surface area contributed by atoms with Crippen molar-refractivity contribution in [1.82, 2.24) is 0 Å². The number of nitrogens with zero attached hydrogens (tertiary/aromatic N) is 1. The van der Waals surface area contributed by atoms with Crippen LogP contribution in [0.2, 0.25) is 5.02 Å². The highest BCUT2D eigenvalue weighted by Gasteiger charge is 2.64. The van der Waals surface area contributed by atoms with Gasteiger partial charge in [-0.15, -0.1) is 0 Å². The molecule has 0 fully saturated rings. The number of halogens is 4. The van der Waals surface area contributed by atoms with Gasteiger partial charge in [-0.2, -0.15) is 0 Å². The fourth-order valence-corrected chi connectivity index (χ4v) is 4.53. The van der Waals surface area contributed by atoms with E-state index in [0.29, 0.717) is 5.56 Å². The van der Waals surface area contributed by atoms with E-state index in [9.17, 15) is 19.8 Å². The SMILES string of the molecule is CC(C)(CCOC(=O)c1ccc(Br)cc1)[C@@]1(O)c2cc(Cl)ccc2N(C(=O)O)CCC1(F)F. The lowest BCUT2D eigenvalue weighted by atomic mass is 9.65. The Morgan fingerprint density at radius 2 is 1.85 bits per heavy atom. The van der Waals surface area contributed by atoms with E-state index >= 15 is 8.78 Å². The van der Waals surface area contributed by atoms with Crippen LogP contribution in [0.25, 0.3) is 0 Å². The highest BCUT2D eigenvalue weighted by molar-refractivity contribution is 9.10. The average molecular weight is 547 g/mol. The number of benzene rings is 2. The Bertz CT molecular complexity index is 1060. The molecule has 0 unspecified atom stereocenters. The number of ether oxygens (including phenoxy) is 1. The van der Waals surface area contributed by atoms with Crippen LogP contribution in [-0.2, 0) is 10.3 Å². The largest absolute Gasteiger partial charge is 0.465 e. The quantitative estimate of drug-likeness (QED) is 0.444. The number of aliphatic hydroxyl groups is 1. The summed E-state index contributed by atoms with van der Waals surface area (Å²) in [5.74, 6) is -4.33. The van der Waals surface area contributed by atoms with Gasteiger partial charge in [0.1, 0.15) is 0 Å². The first kappa shape index (κ1) is 25.4. The summed E-state index contributed by atoms with van der Waals surface area (Å²) in [5, 5.41) is 21.3. The molecule has 1 atom stereocenters. The average Bonchev–Trinajstić information content (AvgIpc) is 2.82. The second-order valence-corrected chi connectivity index (χ2v) is 9.89. The van der Waals surface area contributed by atoms with Gasteiger partial charge in [-0.1, -0.05) is 41.4 Å². The van der Waals surface area contributed by atoms with Crippen LogP contribution in [0.4, 0.5) is 19.3 Å². The summed E-state index contributed by atoms with van der Waals surface area (Å²) in [6.07, 6.45) is -2.44. The maximum Gasteiger partial charge on any atom is 0.411 e. The number of hydrogen-bond donors (Lipinski definition) is 2. The van der Waals surface area contributed by atoms with Crippen LogP contribution in [0, 0.1) is 5.41 Å². The molecule has 10 heteroatoms. The second kappa shape index (κ2) is 9.19. The number of carboxylic acid groups (broad SMARTS) is 1. The van der Waals surface area contributed by atoms with Gasteiger partial charge < -0.3 is 14.9 Å². The summed E-state index contributed by atoms with van der Waals surface area (Å²) >= 11 is 9.33. The van der Waals surface area contributed by atoms with Crippen molar-refractivity contribution in [1.29, 1.82) is 0 Å². The van der Waals surface area contributed by atoms with Crippen LogP contribution >= 0.6 is 27.5 Å². The third-order valence-corrected chi connectivity index (χ3v) is 6.83. The minimum atomic E-state index is -3.70. The lowest BCUT2D eigenvalue weighted by molar-refractivity contribution is -0.243. The molecular weight excluding hydrogens is 524 g/mol. The number of rotatable bonds is 5. The first-order chi connectivity index (χ1) is 15.3. The van der Waals surface area contributed by atoms with Gasteiger partial charge in [0.15, 0.2) is 5.60 Å². The minimum absolute atomic E-state index is 0.0634. The van der Waals surface area contributed by atoms with Gasteiger partial charge in [0.05, 0.1) is 17.9 Å². The van der Waals surface area contributed by atoms with Gasteiger partial charge in [-0.05, 0) is 48.9 Å². The van der Waals surface area contributed by atoms with Crippen molar-refractivity contribution in [3.63, 3.8) is 0 Å². The number of hydrogen-bond acceptors (Lipinski definition) is 4. The Morgan fingerprint density at radius 1 is 1.21 bits per heavy atom. The fraction of sp³-hybridized carbons (Fsp3) is 0.391. The molecule has 2 aromatic carbocycles. The van der Waals surface area contributed by atoms with Crippen LogP contribution < -0.4 is 4.90 Å². The predicted octanol–water partition coefficient (Wildman–Crippen LogP) is 6.09. The molecule has 178 valence electrons. The molecule has 0 aliphatic carbocycles. The van der Waals surface area contributed by atoms with Gasteiger partial charge in [-0.3, -0.25) is 4.90 Å². The van der Waals surface area contributed by atoms with Crippen molar-refractivity contribution in [2.45, 2.75) is 38.2 Å². The third-order valence-electron chi connectivity index (χ3n) is 6.07. The van der Waals surface area contributed by atoms with Crippen LogP contribution in [0.5, 0.6) is 0 Å². The molecule has 0 aromatic heterocycles. The number of esters is 1. The van der Waals surface area contributed by atoms with E-state index in [1.165, 1.54) is 32.0 Å². The Labute approximate surface area is 203 Å². The first-order valence-corrected chi connectivity index (χ1v) is 11.3. The Balaban J connectivity index is 1.93. The number of anilines is 1. The maximum atomic E-state index is 15.5. The second-order valence-electron chi connectivity index (χ2n) is 8.54. The smallest absolute Gasteiger partial charge is 0.411 e. The Hall–Kier alpha value is -2.23. The maximum absolute atomic E-state index is 15.5. The first-order valence-electron chi connectivity index (χ1n) is 10.1. The lowest BCUT2D eigenvalue weighted by Gasteiger charge is -2.47. The number of alkyl halides is 2. The zero-order chi connectivity index (χ0) is 24.6. The molecule has 6 nitrogen and oxygen atoms in total. The molecule has 0 radical (unpaired) electrons. The Kier molecular flexibility index (Phi) is 7.07. The highest BCUT2D eigenvalue weighted by Crippen LogP contribution is 2.57. The molecule has 1 aliphatic heterocycles. The summed E-state index contributed by atoms with van der Waals surface area (Å²) in [5.41, 5.74) is -4.38. The van der Waals surface area contributed by atoms with Gasteiger partial charge in [0.2, 0.25) is 0 Å². The number of fused-ring (bicyclic) bond motifs is 1. The summed E-state index contributed by atoms with van der Waals surface area (Å²) in [4.78, 5) is 24.8. The van der Waals surface area contributed by atoms with E-state index < -0.39 is 42.0 Å². The minimum Gasteiger partial charge on any atom is -0.465 e. The summed E-state index contributed by atoms with van der Waals surface area (Å²) in [6.45, 7) is 2.11. The monoisotopic (exact) mass is 545 g/mol. The van der Waals surface area contributed by atoms with Crippen molar-refractivity contribution >= 4 is 45.3 Å². The summed E-state index contributed by atoms with van der Waals surface area (Å²) in [7, 11) is 0. The molecule has 3 rings (SSSR count). The van der Waals surface area contributed by atoms with Crippen LogP contribution in [0.1, 0.15) is 42.6 Å². The van der Waals surface area contributed by atoms with Crippen molar-refractivity contribution in [3.8, 4) is 0 Å². The number of amides is 1. The molecule has 1 amide bonds. The molecule has 1 aliphatic rings. The third kappa shape index (κ3) is 4.72. The van der Waals surface area contributed by atoms with E-state index in [2.05, 4.69) is 15.9 Å². The molecule has 0 bridgehead atoms. The zero-order valence-electron chi connectivity index (χ0n) is 17.9. The van der Waals surface area contributed by atoms with Crippen LogP contribution in [-0.4, -0.2) is 41.3 Å². The van der Waals surface area contributed by atoms with E-state index in [4.69, 9.17) is 16.3 Å². The van der Waals surface area contributed by atoms with Gasteiger partial charge >= 0.3 is 12.1 Å². The fourth-order valence-electron chi connectivity index (χ4n) is 4.09. The molecule has 33 heavy (non-hydrogen) atoms. The zero-order valence-corrected chi connectivity index (χ0v) is 20.3. The lowest BCUT2D eigenvalue weighted by Crippen LogP contribution is -2.55. The summed E-state index contributed by atoms with van der Waals surface area (Å²) < 4.78 is 37.1. The van der Waals surface area contributed by atoms with E-state index in [0.717, 1.165) is 9.37 Å². The molecular formula is C23H23BrClF2NO5. The molecule has 0 spiro atoms. The van der Waals surface area contributed by atoms with Gasteiger partial charge in [0.25, 0.3) is 5.92 Å². The Morgan fingerprint density at radius 3 is 2.45 bits per heavy atom. The molecule has 1 heterocycles. The summed E-state index contributed by atoms with van der Waals surface area (Å²) in [6, 6.07) is 10.3. The van der Waals surface area contributed by atoms with Crippen molar-refractivity contribution in [2.24, 2.45) is 5.41 Å². The van der Waals surface area contributed by atoms with E-state index in [1.54, 1.807) is 24.3 Å². The van der Waals surface area contributed by atoms with Crippen LogP contribution in [0.3, 0.4) is 0 Å². The van der Waals surface area contributed by atoms with Gasteiger partial charge in [-0.25, -0.2) is 18.4 Å². The number of carbonyl (C=O) groups excluding carboxylic acids is 1. The number of carbonyl (C=O) groups is 2. The van der Waals surface area contributed by atoms with Crippen molar-refractivity contribution in [2.75, 3.05) is 18.1 Å². The van der Waals surface area contributed by atoms with Crippen LogP contribution in [0.15, 0.2) is 46.9 Å². The highest BCUT2D eigenvalue weighted by atomic mass is 79.9. The van der Waals surface area contributed by atoms with E-state index in [1.807, 2.05) is 0 Å². The van der Waals surface area contributed by atoms with Gasteiger partial charge in [0, 0.05) is 33.4 Å². The predicted molar refractivity (Wildman–Crippen MR) is 123 cm³/mol. The molecule has 2 aromatic rings. The van der Waals surface area contributed by atoms with Crippen molar-refractivity contribution < 1.29 is 33.3 Å².